The Morgan fingerprint density at radius 3 is 2.40 bits per heavy atom. The van der Waals surface area contributed by atoms with Crippen molar-refractivity contribution in [3.8, 4) is 0 Å². The van der Waals surface area contributed by atoms with Crippen molar-refractivity contribution in [1.82, 2.24) is 20.6 Å². The van der Waals surface area contributed by atoms with E-state index < -0.39 is 0 Å². The topological polar surface area (TPSA) is 101 Å². The fourth-order valence-corrected chi connectivity index (χ4v) is 2.62. The first-order chi connectivity index (χ1) is 11.9. The van der Waals surface area contributed by atoms with Crippen molar-refractivity contribution in [3.05, 3.63) is 39.7 Å². The Bertz CT molecular complexity index is 715. The van der Waals surface area contributed by atoms with Crippen LogP contribution in [0, 0.1) is 22.0 Å². The van der Waals surface area contributed by atoms with Gasteiger partial charge in [0.15, 0.2) is 5.82 Å². The van der Waals surface area contributed by atoms with Crippen LogP contribution in [-0.2, 0) is 0 Å². The van der Waals surface area contributed by atoms with Crippen LogP contribution in [0.4, 0.5) is 11.4 Å². The second-order valence-corrected chi connectivity index (χ2v) is 6.82. The third-order valence-corrected chi connectivity index (χ3v) is 3.50. The summed E-state index contributed by atoms with van der Waals surface area (Å²) in [4.78, 5) is 13.4. The lowest BCUT2D eigenvalue weighted by atomic mass is 10.1. The molecule has 0 saturated carbocycles. The van der Waals surface area contributed by atoms with E-state index in [1.807, 2.05) is 12.1 Å². The number of aromatic amines is 1. The molecule has 1 heterocycles. The monoisotopic (exact) mass is 344 g/mol. The number of hydrogen-bond acceptors (Lipinski definition) is 6. The highest BCUT2D eigenvalue weighted by molar-refractivity contribution is 5.73. The van der Waals surface area contributed by atoms with Gasteiger partial charge in [-0.2, -0.15) is 0 Å². The Morgan fingerprint density at radius 2 is 1.88 bits per heavy atom. The summed E-state index contributed by atoms with van der Waals surface area (Å²) in [5.74, 6) is 1.32. The average Bonchev–Trinajstić information content (AvgIpc) is 3.04. The maximum Gasteiger partial charge on any atom is 0.293 e. The third kappa shape index (κ3) is 5.37. The second-order valence-electron chi connectivity index (χ2n) is 6.82. The van der Waals surface area contributed by atoms with E-state index >= 15 is 0 Å². The van der Waals surface area contributed by atoms with Crippen LogP contribution in [0.15, 0.2) is 18.2 Å². The van der Waals surface area contributed by atoms with Crippen LogP contribution in [0.5, 0.6) is 0 Å². The van der Waals surface area contributed by atoms with Gasteiger partial charge in [0, 0.05) is 19.2 Å². The van der Waals surface area contributed by atoms with E-state index in [0.717, 1.165) is 18.7 Å². The van der Waals surface area contributed by atoms with E-state index in [1.54, 1.807) is 18.2 Å². The number of benzene rings is 1. The van der Waals surface area contributed by atoms with Gasteiger partial charge in [0.25, 0.3) is 5.69 Å². The summed E-state index contributed by atoms with van der Waals surface area (Å²) in [6, 6.07) is 5.28. The van der Waals surface area contributed by atoms with Crippen LogP contribution < -0.4 is 4.90 Å². The van der Waals surface area contributed by atoms with Crippen LogP contribution in [-0.4, -0.2) is 38.6 Å². The number of nitrogens with zero attached hydrogens (tertiary/aromatic N) is 5. The lowest BCUT2D eigenvalue weighted by Gasteiger charge is -2.28. The molecule has 0 amide bonds. The van der Waals surface area contributed by atoms with Crippen molar-refractivity contribution in [1.29, 1.82) is 0 Å². The van der Waals surface area contributed by atoms with Gasteiger partial charge in [-0.25, -0.2) is 5.10 Å². The first kappa shape index (κ1) is 18.6. The number of H-pyrrole nitrogens is 1. The molecule has 0 radical (unpaired) electrons. The molecule has 25 heavy (non-hydrogen) atoms. The fourth-order valence-electron chi connectivity index (χ4n) is 2.62. The van der Waals surface area contributed by atoms with Gasteiger partial charge >= 0.3 is 0 Å². The van der Waals surface area contributed by atoms with E-state index in [2.05, 4.69) is 53.2 Å². The Kier molecular flexibility index (Phi) is 6.21. The Labute approximate surface area is 147 Å². The quantitative estimate of drug-likeness (QED) is 0.582. The van der Waals surface area contributed by atoms with Crippen molar-refractivity contribution in [2.24, 2.45) is 11.8 Å². The molecule has 134 valence electrons. The number of nitro benzene ring substituents is 1. The van der Waals surface area contributed by atoms with Crippen LogP contribution in [0.25, 0.3) is 12.2 Å². The zero-order chi connectivity index (χ0) is 18.4. The zero-order valence-corrected chi connectivity index (χ0v) is 15.0. The molecule has 2 rings (SSSR count). The number of nitro groups is 1. The Hall–Kier alpha value is -2.77. The summed E-state index contributed by atoms with van der Waals surface area (Å²) in [7, 11) is 0. The van der Waals surface area contributed by atoms with Crippen LogP contribution in [0.2, 0.25) is 0 Å². The molecule has 8 nitrogen and oxygen atoms in total. The second kappa shape index (κ2) is 8.36. The first-order valence-corrected chi connectivity index (χ1v) is 8.32. The van der Waals surface area contributed by atoms with Crippen molar-refractivity contribution in [2.75, 3.05) is 18.0 Å². The predicted octanol–water partition coefficient (Wildman–Crippen LogP) is 3.40. The summed E-state index contributed by atoms with van der Waals surface area (Å²) >= 11 is 0. The highest BCUT2D eigenvalue weighted by Crippen LogP contribution is 2.31. The van der Waals surface area contributed by atoms with Gasteiger partial charge in [0.1, 0.15) is 5.69 Å². The fraction of sp³-hybridized carbons (Fsp3) is 0.471. The summed E-state index contributed by atoms with van der Waals surface area (Å²) in [6.45, 7) is 10.0. The molecule has 0 saturated heterocycles. The molecule has 8 heteroatoms. The minimum absolute atomic E-state index is 0.110. The number of rotatable bonds is 8. The molecule has 0 aliphatic heterocycles. The molecule has 1 N–H and O–H groups in total. The van der Waals surface area contributed by atoms with Crippen molar-refractivity contribution < 1.29 is 4.92 Å². The molecule has 0 unspecified atom stereocenters. The van der Waals surface area contributed by atoms with Gasteiger partial charge in [-0.05, 0) is 40.0 Å². The molecule has 0 spiro atoms. The van der Waals surface area contributed by atoms with Gasteiger partial charge in [-0.3, -0.25) is 10.1 Å². The molecule has 0 aliphatic carbocycles. The average molecular weight is 344 g/mol. The summed E-state index contributed by atoms with van der Waals surface area (Å²) < 4.78 is 0. The SMILES string of the molecule is CC(C)CN(CC(C)C)c1ccc(/C=C/c2nnn[nH]2)cc1[N+](=O)[O-]. The zero-order valence-electron chi connectivity index (χ0n) is 15.0. The molecular formula is C17H24N6O2. The van der Waals surface area contributed by atoms with Crippen LogP contribution in [0.3, 0.4) is 0 Å². The van der Waals surface area contributed by atoms with Gasteiger partial charge in [0.05, 0.1) is 4.92 Å². The molecule has 0 aliphatic rings. The molecular weight excluding hydrogens is 320 g/mol. The van der Waals surface area contributed by atoms with E-state index in [-0.39, 0.29) is 10.6 Å². The van der Waals surface area contributed by atoms with E-state index in [4.69, 9.17) is 0 Å². The molecule has 0 bridgehead atoms. The van der Waals surface area contributed by atoms with E-state index in [1.165, 1.54) is 0 Å². The van der Waals surface area contributed by atoms with Gasteiger partial charge in [-0.15, -0.1) is 5.10 Å². The molecule has 0 fully saturated rings. The lowest BCUT2D eigenvalue weighted by molar-refractivity contribution is -0.384. The molecule has 1 aromatic heterocycles. The largest absolute Gasteiger partial charge is 0.365 e. The Morgan fingerprint density at radius 1 is 1.20 bits per heavy atom. The first-order valence-electron chi connectivity index (χ1n) is 8.32. The highest BCUT2D eigenvalue weighted by Gasteiger charge is 2.21. The van der Waals surface area contributed by atoms with Gasteiger partial charge in [-0.1, -0.05) is 39.8 Å². The number of hydrogen-bond donors (Lipinski definition) is 1. The molecule has 0 atom stereocenters. The van der Waals surface area contributed by atoms with Crippen molar-refractivity contribution in [3.63, 3.8) is 0 Å². The summed E-state index contributed by atoms with van der Waals surface area (Å²) in [5, 5.41) is 24.9. The molecule has 1 aromatic carbocycles. The van der Waals surface area contributed by atoms with Crippen LogP contribution in [0.1, 0.15) is 39.1 Å². The minimum atomic E-state index is -0.323. The van der Waals surface area contributed by atoms with Crippen LogP contribution >= 0.6 is 0 Å². The third-order valence-electron chi connectivity index (χ3n) is 3.50. The van der Waals surface area contributed by atoms with E-state index in [0.29, 0.717) is 23.3 Å². The minimum Gasteiger partial charge on any atom is -0.365 e. The normalized spacial score (nSPS) is 11.6. The van der Waals surface area contributed by atoms with E-state index in [9.17, 15) is 10.1 Å². The molecule has 2 aromatic rings. The highest BCUT2D eigenvalue weighted by atomic mass is 16.6. The smallest absolute Gasteiger partial charge is 0.293 e. The van der Waals surface area contributed by atoms with Crippen molar-refractivity contribution in [2.45, 2.75) is 27.7 Å². The van der Waals surface area contributed by atoms with Crippen molar-refractivity contribution >= 4 is 23.5 Å². The number of anilines is 1. The number of aromatic nitrogens is 4. The lowest BCUT2D eigenvalue weighted by Crippen LogP contribution is -2.31. The maximum absolute atomic E-state index is 11.6. The van der Waals surface area contributed by atoms with Gasteiger partial charge in [0.2, 0.25) is 0 Å². The maximum atomic E-state index is 11.6. The standard InChI is InChI=1S/C17H24N6O2/c1-12(2)10-22(11-13(3)4)15-7-5-14(9-16(15)23(24)25)6-8-17-18-20-21-19-17/h5-9,12-13H,10-11H2,1-4H3,(H,18,19,20,21)/b8-6+. The number of tetrazole rings is 1. The summed E-state index contributed by atoms with van der Waals surface area (Å²) in [6.07, 6.45) is 3.42. The van der Waals surface area contributed by atoms with Gasteiger partial charge < -0.3 is 4.90 Å². The predicted molar refractivity (Wildman–Crippen MR) is 98.1 cm³/mol. The Balaban J connectivity index is 2.35. The summed E-state index contributed by atoms with van der Waals surface area (Å²) in [5.41, 5.74) is 1.49. The number of nitrogens with one attached hydrogen (secondary N) is 1.